The van der Waals surface area contributed by atoms with Crippen molar-refractivity contribution in [2.75, 3.05) is 31.1 Å². The highest BCUT2D eigenvalue weighted by atomic mass is 16.3. The molecule has 3 aromatic rings. The Hall–Kier alpha value is -2.51. The Labute approximate surface area is 164 Å². The highest BCUT2D eigenvalue weighted by molar-refractivity contribution is 5.68. The Balaban J connectivity index is 1.53. The van der Waals surface area contributed by atoms with E-state index in [4.69, 9.17) is 0 Å². The van der Waals surface area contributed by atoms with Crippen LogP contribution < -0.4 is 4.90 Å². The van der Waals surface area contributed by atoms with Crippen molar-refractivity contribution in [3.8, 4) is 0 Å². The van der Waals surface area contributed by atoms with Gasteiger partial charge in [0, 0.05) is 13.1 Å². The molecule has 2 fully saturated rings. The minimum atomic E-state index is -0.839. The lowest BCUT2D eigenvalue weighted by atomic mass is 9.79. The van der Waals surface area contributed by atoms with Gasteiger partial charge in [-0.3, -0.25) is 4.90 Å². The minimum Gasteiger partial charge on any atom is -0.383 e. The summed E-state index contributed by atoms with van der Waals surface area (Å²) in [7, 11) is 0. The number of aryl methyl sites for hydroxylation is 1. The summed E-state index contributed by atoms with van der Waals surface area (Å²) in [5.74, 6) is 0. The second-order valence-corrected chi connectivity index (χ2v) is 8.02. The quantitative estimate of drug-likeness (QED) is 0.752. The van der Waals surface area contributed by atoms with Crippen molar-refractivity contribution in [1.82, 2.24) is 24.7 Å². The molecule has 1 N–H and O–H groups in total. The Morgan fingerprint density at radius 2 is 1.89 bits per heavy atom. The number of benzene rings is 1. The summed E-state index contributed by atoms with van der Waals surface area (Å²) in [6, 6.07) is 12.3. The normalized spacial score (nSPS) is 26.2. The van der Waals surface area contributed by atoms with Crippen molar-refractivity contribution < 1.29 is 5.11 Å². The van der Waals surface area contributed by atoms with Crippen LogP contribution in [0.15, 0.2) is 42.7 Å². The van der Waals surface area contributed by atoms with Gasteiger partial charge in [-0.1, -0.05) is 30.3 Å². The molecule has 2 aliphatic rings. The number of hydrogen-bond acceptors (Lipinski definition) is 6. The van der Waals surface area contributed by atoms with Gasteiger partial charge in [0.2, 0.25) is 5.65 Å². The van der Waals surface area contributed by atoms with Crippen LogP contribution in [-0.4, -0.2) is 62.0 Å². The van der Waals surface area contributed by atoms with Gasteiger partial charge in [0.15, 0.2) is 0 Å². The molecule has 7 heteroatoms. The SMILES string of the molecule is Cc1cc(N2CC[C@](O)(c3ccccc3)[C@H](N3CCCC3)C2)c2nncn2n1. The predicted molar refractivity (Wildman–Crippen MR) is 107 cm³/mol. The number of nitrogens with zero attached hydrogens (tertiary/aromatic N) is 6. The summed E-state index contributed by atoms with van der Waals surface area (Å²) < 4.78 is 1.74. The van der Waals surface area contributed by atoms with E-state index >= 15 is 0 Å². The van der Waals surface area contributed by atoms with Gasteiger partial charge in [0.1, 0.15) is 11.9 Å². The molecule has 0 spiro atoms. The Morgan fingerprint density at radius 3 is 2.68 bits per heavy atom. The molecule has 0 amide bonds. The van der Waals surface area contributed by atoms with Crippen molar-refractivity contribution in [3.05, 3.63) is 54.0 Å². The molecule has 1 aromatic carbocycles. The van der Waals surface area contributed by atoms with Gasteiger partial charge in [0.25, 0.3) is 0 Å². The molecule has 2 atom stereocenters. The molecular weight excluding hydrogens is 352 g/mol. The van der Waals surface area contributed by atoms with Gasteiger partial charge in [-0.25, -0.2) is 0 Å². The number of aliphatic hydroxyl groups is 1. The van der Waals surface area contributed by atoms with E-state index in [-0.39, 0.29) is 6.04 Å². The van der Waals surface area contributed by atoms with Crippen molar-refractivity contribution in [3.63, 3.8) is 0 Å². The van der Waals surface area contributed by atoms with E-state index in [9.17, 15) is 5.11 Å². The second kappa shape index (κ2) is 6.83. The van der Waals surface area contributed by atoms with E-state index in [2.05, 4.69) is 43.3 Å². The number of aromatic nitrogens is 4. The van der Waals surface area contributed by atoms with E-state index < -0.39 is 5.60 Å². The van der Waals surface area contributed by atoms with Gasteiger partial charge in [-0.15, -0.1) is 10.2 Å². The fourth-order valence-electron chi connectivity index (χ4n) is 4.84. The third kappa shape index (κ3) is 2.86. The van der Waals surface area contributed by atoms with Crippen LogP contribution in [0, 0.1) is 6.92 Å². The summed E-state index contributed by atoms with van der Waals surface area (Å²) in [6.07, 6.45) is 4.72. The van der Waals surface area contributed by atoms with Crippen LogP contribution >= 0.6 is 0 Å². The Bertz CT molecular complexity index is 967. The van der Waals surface area contributed by atoms with E-state index in [1.165, 1.54) is 12.8 Å². The Morgan fingerprint density at radius 1 is 1.11 bits per heavy atom. The van der Waals surface area contributed by atoms with E-state index in [1.807, 2.05) is 25.1 Å². The first-order chi connectivity index (χ1) is 13.6. The first-order valence-corrected chi connectivity index (χ1v) is 10.1. The lowest BCUT2D eigenvalue weighted by molar-refractivity contribution is -0.0602. The lowest BCUT2D eigenvalue weighted by Gasteiger charge is -2.49. The molecule has 0 saturated carbocycles. The number of hydrogen-bond donors (Lipinski definition) is 1. The average Bonchev–Trinajstić information content (AvgIpc) is 3.40. The van der Waals surface area contributed by atoms with Crippen LogP contribution in [0.2, 0.25) is 0 Å². The largest absolute Gasteiger partial charge is 0.383 e. The summed E-state index contributed by atoms with van der Waals surface area (Å²) in [6.45, 7) is 5.61. The molecule has 0 unspecified atom stereocenters. The van der Waals surface area contributed by atoms with E-state index in [0.717, 1.165) is 48.8 Å². The van der Waals surface area contributed by atoms with Crippen LogP contribution in [0.5, 0.6) is 0 Å². The lowest BCUT2D eigenvalue weighted by Crippen LogP contribution is -2.60. The predicted octanol–water partition coefficient (Wildman–Crippen LogP) is 2.00. The molecule has 4 heterocycles. The fourth-order valence-corrected chi connectivity index (χ4v) is 4.84. The first-order valence-electron chi connectivity index (χ1n) is 10.1. The maximum absolute atomic E-state index is 11.8. The van der Waals surface area contributed by atoms with Crippen LogP contribution in [0.4, 0.5) is 5.69 Å². The van der Waals surface area contributed by atoms with Crippen molar-refractivity contribution in [1.29, 1.82) is 0 Å². The van der Waals surface area contributed by atoms with E-state index in [0.29, 0.717) is 6.42 Å². The average molecular weight is 378 g/mol. The topological polar surface area (TPSA) is 69.8 Å². The Kier molecular flexibility index (Phi) is 4.29. The van der Waals surface area contributed by atoms with Crippen molar-refractivity contribution in [2.24, 2.45) is 0 Å². The van der Waals surface area contributed by atoms with Crippen LogP contribution in [-0.2, 0) is 5.60 Å². The first kappa shape index (κ1) is 17.6. The molecule has 0 aliphatic carbocycles. The molecular formula is C21H26N6O. The fraction of sp³-hybridized carbons (Fsp3) is 0.476. The number of fused-ring (bicyclic) bond motifs is 1. The number of rotatable bonds is 3. The minimum absolute atomic E-state index is 0.0441. The van der Waals surface area contributed by atoms with Gasteiger partial charge >= 0.3 is 0 Å². The third-order valence-electron chi connectivity index (χ3n) is 6.27. The molecule has 0 bridgehead atoms. The monoisotopic (exact) mass is 378 g/mol. The number of likely N-dealkylation sites (tertiary alicyclic amines) is 1. The van der Waals surface area contributed by atoms with Crippen LogP contribution in [0.25, 0.3) is 5.65 Å². The van der Waals surface area contributed by atoms with Gasteiger partial charge in [-0.2, -0.15) is 9.61 Å². The summed E-state index contributed by atoms with van der Waals surface area (Å²) in [4.78, 5) is 4.81. The van der Waals surface area contributed by atoms with Gasteiger partial charge < -0.3 is 10.0 Å². The summed E-state index contributed by atoms with van der Waals surface area (Å²) in [5.41, 5.74) is 2.93. The molecule has 28 heavy (non-hydrogen) atoms. The van der Waals surface area contributed by atoms with Crippen LogP contribution in [0.1, 0.15) is 30.5 Å². The zero-order chi connectivity index (χ0) is 19.1. The van der Waals surface area contributed by atoms with Crippen molar-refractivity contribution >= 4 is 11.3 Å². The third-order valence-corrected chi connectivity index (χ3v) is 6.27. The maximum Gasteiger partial charge on any atom is 0.200 e. The molecule has 146 valence electrons. The smallest absolute Gasteiger partial charge is 0.200 e. The standard InChI is InChI=1S/C21H26N6O/c1-16-13-18(20-23-22-15-27(20)24-16)26-12-9-21(28,17-7-3-2-4-8-17)19(14-26)25-10-5-6-11-25/h2-4,7-8,13,15,19,28H,5-6,9-12,14H2,1H3/t19-,21+/m1/s1. The molecule has 2 saturated heterocycles. The van der Waals surface area contributed by atoms with Crippen LogP contribution in [0.3, 0.4) is 0 Å². The highest BCUT2D eigenvalue weighted by Gasteiger charge is 2.46. The molecule has 0 radical (unpaired) electrons. The maximum atomic E-state index is 11.8. The molecule has 2 aromatic heterocycles. The summed E-state index contributed by atoms with van der Waals surface area (Å²) >= 11 is 0. The second-order valence-electron chi connectivity index (χ2n) is 8.02. The highest BCUT2D eigenvalue weighted by Crippen LogP contribution is 2.39. The molecule has 5 rings (SSSR count). The van der Waals surface area contributed by atoms with Gasteiger partial charge in [0.05, 0.1) is 17.4 Å². The molecule has 7 nitrogen and oxygen atoms in total. The zero-order valence-electron chi connectivity index (χ0n) is 16.2. The summed E-state index contributed by atoms with van der Waals surface area (Å²) in [5, 5.41) is 24.6. The zero-order valence-corrected chi connectivity index (χ0v) is 16.2. The number of anilines is 1. The number of piperidine rings is 1. The van der Waals surface area contributed by atoms with Crippen molar-refractivity contribution in [2.45, 2.75) is 37.8 Å². The molecule has 2 aliphatic heterocycles. The van der Waals surface area contributed by atoms with E-state index in [1.54, 1.807) is 10.8 Å². The van der Waals surface area contributed by atoms with Gasteiger partial charge in [-0.05, 0) is 50.9 Å².